The molecule has 3 rings (SSSR count). The van der Waals surface area contributed by atoms with Gasteiger partial charge in [-0.3, -0.25) is 4.79 Å². The predicted octanol–water partition coefficient (Wildman–Crippen LogP) is 3.62. The molecule has 0 aliphatic heterocycles. The standard InChI is InChI=1S/C19H16O4/c1-2-13-10-19(21)23-18-11-15(8-9-16(13)18)22-12-17(20)14-6-4-3-5-7-14/h3-11H,2,12H2,1H3. The molecule has 0 unspecified atom stereocenters. The fraction of sp³-hybridized carbons (Fsp3) is 0.158. The number of ketones is 1. The van der Waals surface area contributed by atoms with Gasteiger partial charge in [-0.25, -0.2) is 4.79 Å². The summed E-state index contributed by atoms with van der Waals surface area (Å²) >= 11 is 0. The summed E-state index contributed by atoms with van der Waals surface area (Å²) < 4.78 is 10.7. The molecule has 2 aromatic carbocycles. The summed E-state index contributed by atoms with van der Waals surface area (Å²) in [5.74, 6) is 0.396. The summed E-state index contributed by atoms with van der Waals surface area (Å²) in [6, 6.07) is 15.7. The number of ether oxygens (including phenoxy) is 1. The Balaban J connectivity index is 1.81. The molecule has 0 aliphatic carbocycles. The molecule has 0 saturated heterocycles. The zero-order chi connectivity index (χ0) is 16.2. The van der Waals surface area contributed by atoms with Crippen molar-refractivity contribution >= 4 is 16.8 Å². The molecule has 0 spiro atoms. The number of aryl methyl sites for hydroxylation is 1. The van der Waals surface area contributed by atoms with Crippen molar-refractivity contribution in [1.29, 1.82) is 0 Å². The lowest BCUT2D eigenvalue weighted by atomic mass is 10.1. The summed E-state index contributed by atoms with van der Waals surface area (Å²) in [7, 11) is 0. The minimum absolute atomic E-state index is 0.0623. The Kier molecular flexibility index (Phi) is 4.24. The van der Waals surface area contributed by atoms with Crippen molar-refractivity contribution in [1.82, 2.24) is 0 Å². The van der Waals surface area contributed by atoms with E-state index in [1.807, 2.05) is 31.2 Å². The van der Waals surface area contributed by atoms with E-state index in [2.05, 4.69) is 0 Å². The normalized spacial score (nSPS) is 10.7. The first kappa shape index (κ1) is 15.0. The van der Waals surface area contributed by atoms with Crippen LogP contribution >= 0.6 is 0 Å². The molecule has 4 nitrogen and oxygen atoms in total. The highest BCUT2D eigenvalue weighted by molar-refractivity contribution is 5.97. The van der Waals surface area contributed by atoms with Crippen LogP contribution in [0.2, 0.25) is 0 Å². The van der Waals surface area contributed by atoms with E-state index in [1.54, 1.807) is 24.3 Å². The Morgan fingerprint density at radius 2 is 1.87 bits per heavy atom. The zero-order valence-corrected chi connectivity index (χ0v) is 12.7. The number of carbonyl (C=O) groups excluding carboxylic acids is 1. The third-order valence-corrected chi connectivity index (χ3v) is 3.65. The van der Waals surface area contributed by atoms with Crippen LogP contribution in [0.1, 0.15) is 22.8 Å². The van der Waals surface area contributed by atoms with Crippen LogP contribution in [-0.4, -0.2) is 12.4 Å². The molecule has 116 valence electrons. The van der Waals surface area contributed by atoms with Gasteiger partial charge >= 0.3 is 5.63 Å². The monoisotopic (exact) mass is 308 g/mol. The van der Waals surface area contributed by atoms with Gasteiger partial charge in [0.2, 0.25) is 0 Å². The van der Waals surface area contributed by atoms with E-state index in [0.29, 0.717) is 16.9 Å². The molecule has 0 radical (unpaired) electrons. The van der Waals surface area contributed by atoms with Gasteiger partial charge in [0.05, 0.1) is 0 Å². The van der Waals surface area contributed by atoms with Gasteiger partial charge in [0, 0.05) is 23.1 Å². The van der Waals surface area contributed by atoms with Crippen LogP contribution in [0.5, 0.6) is 5.75 Å². The SMILES string of the molecule is CCc1cc(=O)oc2cc(OCC(=O)c3ccccc3)ccc12. The maximum Gasteiger partial charge on any atom is 0.336 e. The molecule has 0 bridgehead atoms. The summed E-state index contributed by atoms with van der Waals surface area (Å²) in [5.41, 5.74) is 1.63. The quantitative estimate of drug-likeness (QED) is 0.533. The minimum atomic E-state index is -0.383. The summed E-state index contributed by atoms with van der Waals surface area (Å²) in [5, 5.41) is 0.883. The maximum atomic E-state index is 12.0. The molecule has 0 fully saturated rings. The third-order valence-electron chi connectivity index (χ3n) is 3.65. The first-order valence-corrected chi connectivity index (χ1v) is 7.45. The van der Waals surface area contributed by atoms with Crippen LogP contribution in [-0.2, 0) is 6.42 Å². The van der Waals surface area contributed by atoms with Crippen LogP contribution in [0.25, 0.3) is 11.0 Å². The highest BCUT2D eigenvalue weighted by atomic mass is 16.5. The predicted molar refractivity (Wildman–Crippen MR) is 88.1 cm³/mol. The molecule has 3 aromatic rings. The Bertz CT molecular complexity index is 894. The lowest BCUT2D eigenvalue weighted by molar-refractivity contribution is 0.0921. The molecule has 0 N–H and O–H groups in total. The van der Waals surface area contributed by atoms with Crippen LogP contribution in [0.15, 0.2) is 63.8 Å². The lowest BCUT2D eigenvalue weighted by Crippen LogP contribution is -2.11. The van der Waals surface area contributed by atoms with Gasteiger partial charge in [-0.05, 0) is 24.1 Å². The second-order valence-corrected chi connectivity index (χ2v) is 5.18. The number of benzene rings is 2. The molecule has 1 heterocycles. The lowest BCUT2D eigenvalue weighted by Gasteiger charge is -2.08. The van der Waals surface area contributed by atoms with Crippen molar-refractivity contribution in [2.24, 2.45) is 0 Å². The first-order valence-electron chi connectivity index (χ1n) is 7.45. The van der Waals surface area contributed by atoms with Crippen molar-refractivity contribution in [2.75, 3.05) is 6.61 Å². The molecular weight excluding hydrogens is 292 g/mol. The topological polar surface area (TPSA) is 56.5 Å². The molecule has 0 atom stereocenters. The Hall–Kier alpha value is -2.88. The minimum Gasteiger partial charge on any atom is -0.485 e. The summed E-state index contributed by atoms with van der Waals surface area (Å²) in [4.78, 5) is 23.6. The zero-order valence-electron chi connectivity index (χ0n) is 12.7. The van der Waals surface area contributed by atoms with Crippen molar-refractivity contribution < 1.29 is 13.9 Å². The van der Waals surface area contributed by atoms with Gasteiger partial charge in [0.25, 0.3) is 0 Å². The highest BCUT2D eigenvalue weighted by Crippen LogP contribution is 2.23. The molecule has 4 heteroatoms. The number of hydrogen-bond donors (Lipinski definition) is 0. The summed E-state index contributed by atoms with van der Waals surface area (Å²) in [6.07, 6.45) is 0.745. The van der Waals surface area contributed by atoms with Crippen LogP contribution in [0.4, 0.5) is 0 Å². The molecule has 23 heavy (non-hydrogen) atoms. The number of carbonyl (C=O) groups is 1. The smallest absolute Gasteiger partial charge is 0.336 e. The largest absolute Gasteiger partial charge is 0.485 e. The number of rotatable bonds is 5. The van der Waals surface area contributed by atoms with Gasteiger partial charge in [-0.15, -0.1) is 0 Å². The Labute approximate surface area is 133 Å². The van der Waals surface area contributed by atoms with Crippen LogP contribution in [0.3, 0.4) is 0 Å². The van der Waals surface area contributed by atoms with E-state index in [9.17, 15) is 9.59 Å². The molecular formula is C19H16O4. The van der Waals surface area contributed by atoms with Crippen molar-refractivity contribution in [3.63, 3.8) is 0 Å². The number of Topliss-reactive ketones (excluding diaryl/α,β-unsaturated/α-hetero) is 1. The van der Waals surface area contributed by atoms with Crippen molar-refractivity contribution in [3.8, 4) is 5.75 Å². The van der Waals surface area contributed by atoms with Crippen molar-refractivity contribution in [3.05, 3.63) is 76.1 Å². The number of hydrogen-bond acceptors (Lipinski definition) is 4. The first-order chi connectivity index (χ1) is 11.2. The van der Waals surface area contributed by atoms with Gasteiger partial charge in [0.1, 0.15) is 11.3 Å². The number of fused-ring (bicyclic) bond motifs is 1. The Morgan fingerprint density at radius 3 is 2.61 bits per heavy atom. The molecule has 0 amide bonds. The van der Waals surface area contributed by atoms with Crippen LogP contribution in [0, 0.1) is 0 Å². The van der Waals surface area contributed by atoms with Gasteiger partial charge in [-0.1, -0.05) is 37.3 Å². The van der Waals surface area contributed by atoms with E-state index in [0.717, 1.165) is 17.4 Å². The second-order valence-electron chi connectivity index (χ2n) is 5.18. The van der Waals surface area contributed by atoms with E-state index >= 15 is 0 Å². The molecule has 1 aromatic heterocycles. The second kappa shape index (κ2) is 6.48. The maximum absolute atomic E-state index is 12.0. The third kappa shape index (κ3) is 3.31. The van der Waals surface area contributed by atoms with Gasteiger partial charge in [0.15, 0.2) is 12.4 Å². The van der Waals surface area contributed by atoms with Crippen LogP contribution < -0.4 is 10.4 Å². The highest BCUT2D eigenvalue weighted by Gasteiger charge is 2.09. The molecule has 0 aliphatic rings. The average Bonchev–Trinajstić information content (AvgIpc) is 2.59. The van der Waals surface area contributed by atoms with Gasteiger partial charge < -0.3 is 9.15 Å². The Morgan fingerprint density at radius 1 is 1.09 bits per heavy atom. The average molecular weight is 308 g/mol. The molecule has 0 saturated carbocycles. The van der Waals surface area contributed by atoms with E-state index < -0.39 is 0 Å². The van der Waals surface area contributed by atoms with E-state index in [-0.39, 0.29) is 18.0 Å². The van der Waals surface area contributed by atoms with E-state index in [4.69, 9.17) is 9.15 Å². The van der Waals surface area contributed by atoms with Crippen molar-refractivity contribution in [2.45, 2.75) is 13.3 Å². The fourth-order valence-electron chi connectivity index (χ4n) is 2.45. The summed E-state index contributed by atoms with van der Waals surface area (Å²) in [6.45, 7) is 1.92. The van der Waals surface area contributed by atoms with Gasteiger partial charge in [-0.2, -0.15) is 0 Å². The van der Waals surface area contributed by atoms with E-state index in [1.165, 1.54) is 6.07 Å². The fourth-order valence-corrected chi connectivity index (χ4v) is 2.45.